The van der Waals surface area contributed by atoms with Crippen molar-refractivity contribution in [3.05, 3.63) is 29.8 Å². The molecular formula is C15H23N3O3. The lowest BCUT2D eigenvalue weighted by atomic mass is 10.1. The minimum absolute atomic E-state index is 0.0988. The molecule has 0 aromatic heterocycles. The van der Waals surface area contributed by atoms with E-state index in [1.54, 1.807) is 4.90 Å². The van der Waals surface area contributed by atoms with E-state index < -0.39 is 5.60 Å². The molecule has 2 rings (SSSR count). The number of nitrogens with one attached hydrogen (secondary N) is 1. The number of benzene rings is 1. The Kier molecular flexibility index (Phi) is 4.82. The van der Waals surface area contributed by atoms with Crippen LogP contribution < -0.4 is 11.1 Å². The lowest BCUT2D eigenvalue weighted by molar-refractivity contribution is -0.137. The number of amides is 2. The van der Waals surface area contributed by atoms with E-state index in [9.17, 15) is 9.90 Å². The van der Waals surface area contributed by atoms with Crippen molar-refractivity contribution in [2.45, 2.75) is 32.1 Å². The van der Waals surface area contributed by atoms with Gasteiger partial charge >= 0.3 is 6.03 Å². The Labute approximate surface area is 124 Å². The van der Waals surface area contributed by atoms with Crippen molar-refractivity contribution in [3.63, 3.8) is 0 Å². The summed E-state index contributed by atoms with van der Waals surface area (Å²) in [5.74, 6) is 0. The Hall–Kier alpha value is -1.63. The second-order valence-corrected chi connectivity index (χ2v) is 5.89. The summed E-state index contributed by atoms with van der Waals surface area (Å²) < 4.78 is 5.70. The topological polar surface area (TPSA) is 87.8 Å². The van der Waals surface area contributed by atoms with Gasteiger partial charge < -0.3 is 25.8 Å². The van der Waals surface area contributed by atoms with E-state index in [4.69, 9.17) is 10.5 Å². The molecule has 0 bridgehead atoms. The molecule has 1 unspecified atom stereocenters. The maximum absolute atomic E-state index is 12.3. The highest BCUT2D eigenvalue weighted by atomic mass is 16.5. The highest BCUT2D eigenvalue weighted by molar-refractivity contribution is 5.89. The van der Waals surface area contributed by atoms with Gasteiger partial charge in [-0.3, -0.25) is 0 Å². The minimum Gasteiger partial charge on any atom is -0.394 e. The highest BCUT2D eigenvalue weighted by Gasteiger charge is 2.35. The van der Waals surface area contributed by atoms with Crippen molar-refractivity contribution in [1.29, 1.82) is 0 Å². The summed E-state index contributed by atoms with van der Waals surface area (Å²) in [5, 5.41) is 12.1. The number of hydrogen-bond acceptors (Lipinski definition) is 4. The van der Waals surface area contributed by atoms with Crippen LogP contribution in [-0.4, -0.2) is 47.4 Å². The molecule has 1 aliphatic heterocycles. The van der Waals surface area contributed by atoms with E-state index >= 15 is 0 Å². The molecule has 1 heterocycles. The first-order valence-corrected chi connectivity index (χ1v) is 7.07. The average molecular weight is 293 g/mol. The van der Waals surface area contributed by atoms with E-state index in [1.807, 2.05) is 38.1 Å². The fourth-order valence-corrected chi connectivity index (χ4v) is 2.47. The number of anilines is 1. The molecule has 1 atom stereocenters. The van der Waals surface area contributed by atoms with Crippen LogP contribution in [0.5, 0.6) is 0 Å². The SMILES string of the molecule is CC1(C)CN(C(=O)Nc2ccc(CN)cc2)CC(CO)O1. The second kappa shape index (κ2) is 6.43. The third-order valence-electron chi connectivity index (χ3n) is 3.41. The summed E-state index contributed by atoms with van der Waals surface area (Å²) in [6, 6.07) is 7.24. The summed E-state index contributed by atoms with van der Waals surface area (Å²) in [7, 11) is 0. The predicted molar refractivity (Wildman–Crippen MR) is 81.0 cm³/mol. The lowest BCUT2D eigenvalue weighted by Crippen LogP contribution is -2.56. The first-order valence-electron chi connectivity index (χ1n) is 7.07. The summed E-state index contributed by atoms with van der Waals surface area (Å²) >= 11 is 0. The zero-order valence-corrected chi connectivity index (χ0v) is 12.5. The number of carbonyl (C=O) groups excluding carboxylic acids is 1. The molecule has 21 heavy (non-hydrogen) atoms. The van der Waals surface area contributed by atoms with Gasteiger partial charge in [-0.15, -0.1) is 0 Å². The van der Waals surface area contributed by atoms with Crippen LogP contribution in [0.4, 0.5) is 10.5 Å². The minimum atomic E-state index is -0.466. The van der Waals surface area contributed by atoms with Gasteiger partial charge in [0.05, 0.1) is 31.4 Å². The van der Waals surface area contributed by atoms with Gasteiger partial charge in [-0.1, -0.05) is 12.1 Å². The Bertz CT molecular complexity index is 487. The molecule has 1 saturated heterocycles. The fraction of sp³-hybridized carbons (Fsp3) is 0.533. The molecule has 1 aromatic rings. The molecule has 0 spiro atoms. The second-order valence-electron chi connectivity index (χ2n) is 5.89. The van der Waals surface area contributed by atoms with E-state index in [0.29, 0.717) is 19.6 Å². The van der Waals surface area contributed by atoms with E-state index in [1.165, 1.54) is 0 Å². The molecule has 0 aliphatic carbocycles. The van der Waals surface area contributed by atoms with Gasteiger partial charge in [-0.2, -0.15) is 0 Å². The van der Waals surface area contributed by atoms with Gasteiger partial charge in [-0.05, 0) is 31.5 Å². The number of carbonyl (C=O) groups is 1. The molecule has 0 radical (unpaired) electrons. The van der Waals surface area contributed by atoms with Crippen LogP contribution in [0.2, 0.25) is 0 Å². The van der Waals surface area contributed by atoms with Crippen LogP contribution in [0.1, 0.15) is 19.4 Å². The highest BCUT2D eigenvalue weighted by Crippen LogP contribution is 2.21. The third kappa shape index (κ3) is 4.17. The monoisotopic (exact) mass is 293 g/mol. The summed E-state index contributed by atoms with van der Waals surface area (Å²) in [6.45, 7) is 5.06. The number of aliphatic hydroxyl groups excluding tert-OH is 1. The van der Waals surface area contributed by atoms with Gasteiger partial charge in [0.25, 0.3) is 0 Å². The van der Waals surface area contributed by atoms with Gasteiger partial charge in [0.2, 0.25) is 0 Å². The number of rotatable bonds is 3. The summed E-state index contributed by atoms with van der Waals surface area (Å²) in [4.78, 5) is 14.0. The third-order valence-corrected chi connectivity index (χ3v) is 3.41. The molecule has 1 fully saturated rings. The smallest absolute Gasteiger partial charge is 0.322 e. The Balaban J connectivity index is 2.01. The van der Waals surface area contributed by atoms with Crippen molar-refractivity contribution >= 4 is 11.7 Å². The van der Waals surface area contributed by atoms with Crippen LogP contribution >= 0.6 is 0 Å². The maximum atomic E-state index is 12.3. The maximum Gasteiger partial charge on any atom is 0.322 e. The van der Waals surface area contributed by atoms with Crippen LogP contribution in [0.15, 0.2) is 24.3 Å². The summed E-state index contributed by atoms with van der Waals surface area (Å²) in [5.41, 5.74) is 6.82. The van der Waals surface area contributed by atoms with Crippen LogP contribution in [0, 0.1) is 0 Å². The molecule has 6 heteroatoms. The molecule has 2 amide bonds. The average Bonchev–Trinajstić information content (AvgIpc) is 2.46. The number of ether oxygens (including phenoxy) is 1. The molecular weight excluding hydrogens is 270 g/mol. The molecule has 0 saturated carbocycles. The largest absolute Gasteiger partial charge is 0.394 e. The van der Waals surface area contributed by atoms with Crippen molar-refractivity contribution < 1.29 is 14.6 Å². The van der Waals surface area contributed by atoms with Crippen molar-refractivity contribution in [3.8, 4) is 0 Å². The molecule has 1 aliphatic rings. The first kappa shape index (κ1) is 15.8. The van der Waals surface area contributed by atoms with E-state index in [-0.39, 0.29) is 18.7 Å². The molecule has 1 aromatic carbocycles. The number of nitrogens with two attached hydrogens (primary N) is 1. The predicted octanol–water partition coefficient (Wildman–Crippen LogP) is 1.15. The van der Waals surface area contributed by atoms with Gasteiger partial charge in [-0.25, -0.2) is 4.79 Å². The number of hydrogen-bond donors (Lipinski definition) is 3. The van der Waals surface area contributed by atoms with Crippen molar-refractivity contribution in [1.82, 2.24) is 4.90 Å². The normalized spacial score (nSPS) is 21.1. The van der Waals surface area contributed by atoms with E-state index in [0.717, 1.165) is 11.3 Å². The molecule has 6 nitrogen and oxygen atoms in total. The van der Waals surface area contributed by atoms with Crippen LogP contribution in [0.3, 0.4) is 0 Å². The van der Waals surface area contributed by atoms with Crippen LogP contribution in [-0.2, 0) is 11.3 Å². The standard InChI is InChI=1S/C15H23N3O3/c1-15(2)10-18(8-13(9-19)21-15)14(20)17-12-5-3-11(7-16)4-6-12/h3-6,13,19H,7-10,16H2,1-2H3,(H,17,20). The number of nitrogens with zero attached hydrogens (tertiary/aromatic N) is 1. The Morgan fingerprint density at radius 2 is 2.14 bits per heavy atom. The van der Waals surface area contributed by atoms with Crippen molar-refractivity contribution in [2.75, 3.05) is 25.0 Å². The number of urea groups is 1. The van der Waals surface area contributed by atoms with Crippen molar-refractivity contribution in [2.24, 2.45) is 5.73 Å². The van der Waals surface area contributed by atoms with Gasteiger partial charge in [0, 0.05) is 12.2 Å². The summed E-state index contributed by atoms with van der Waals surface area (Å²) in [6.07, 6.45) is -0.348. The Morgan fingerprint density at radius 1 is 1.48 bits per heavy atom. The zero-order valence-electron chi connectivity index (χ0n) is 12.5. The van der Waals surface area contributed by atoms with Crippen LogP contribution in [0.25, 0.3) is 0 Å². The number of morpholine rings is 1. The molecule has 116 valence electrons. The number of aliphatic hydroxyl groups is 1. The first-order chi connectivity index (χ1) is 9.93. The van der Waals surface area contributed by atoms with Gasteiger partial charge in [0.1, 0.15) is 0 Å². The Morgan fingerprint density at radius 3 is 2.71 bits per heavy atom. The van der Waals surface area contributed by atoms with Gasteiger partial charge in [0.15, 0.2) is 0 Å². The van der Waals surface area contributed by atoms with E-state index in [2.05, 4.69) is 5.32 Å². The zero-order chi connectivity index (χ0) is 15.5. The molecule has 4 N–H and O–H groups in total. The lowest BCUT2D eigenvalue weighted by Gasteiger charge is -2.42. The quantitative estimate of drug-likeness (QED) is 0.780. The fourth-order valence-electron chi connectivity index (χ4n) is 2.47.